The van der Waals surface area contributed by atoms with Gasteiger partial charge in [-0.25, -0.2) is 4.79 Å². The van der Waals surface area contributed by atoms with E-state index < -0.39 is 11.0 Å². The second-order valence-corrected chi connectivity index (χ2v) is 3.57. The van der Waals surface area contributed by atoms with Crippen LogP contribution in [0.15, 0.2) is 24.3 Å². The monoisotopic (exact) mass is 266 g/mol. The van der Waals surface area contributed by atoms with Gasteiger partial charge in [0.15, 0.2) is 0 Å². The van der Waals surface area contributed by atoms with Crippen LogP contribution in [0, 0.1) is 10.1 Å². The van der Waals surface area contributed by atoms with Gasteiger partial charge in [0.1, 0.15) is 0 Å². The summed E-state index contributed by atoms with van der Waals surface area (Å²) in [4.78, 5) is 32.5. The summed E-state index contributed by atoms with van der Waals surface area (Å²) < 4.78 is 0. The Labute approximate surface area is 109 Å². The summed E-state index contributed by atoms with van der Waals surface area (Å²) in [6.45, 7) is 2.09. The number of amides is 3. The van der Waals surface area contributed by atoms with E-state index in [1.165, 1.54) is 24.3 Å². The number of hydrogen-bond acceptors (Lipinski definition) is 4. The molecule has 3 amide bonds. The Kier molecular flexibility index (Phi) is 5.27. The fourth-order valence-electron chi connectivity index (χ4n) is 1.29. The van der Waals surface area contributed by atoms with Crippen molar-refractivity contribution in [2.24, 2.45) is 0 Å². The van der Waals surface area contributed by atoms with Gasteiger partial charge >= 0.3 is 6.03 Å². The van der Waals surface area contributed by atoms with E-state index in [0.717, 1.165) is 0 Å². The second-order valence-electron chi connectivity index (χ2n) is 3.57. The molecule has 8 heteroatoms. The highest BCUT2D eigenvalue weighted by Crippen LogP contribution is 2.16. The van der Waals surface area contributed by atoms with Crippen molar-refractivity contribution in [3.63, 3.8) is 0 Å². The highest BCUT2D eigenvalue weighted by molar-refractivity contribution is 5.92. The van der Waals surface area contributed by atoms with E-state index >= 15 is 0 Å². The van der Waals surface area contributed by atoms with Crippen LogP contribution in [0.25, 0.3) is 0 Å². The molecule has 0 aliphatic heterocycles. The molecule has 0 atom stereocenters. The molecule has 0 radical (unpaired) electrons. The third kappa shape index (κ3) is 5.02. The maximum absolute atomic E-state index is 11.4. The number of anilines is 1. The number of nitrogens with one attached hydrogen (secondary N) is 3. The molecule has 0 spiro atoms. The van der Waals surface area contributed by atoms with Gasteiger partial charge in [-0.05, 0) is 13.0 Å². The molecule has 102 valence electrons. The van der Waals surface area contributed by atoms with Crippen LogP contribution in [0.1, 0.15) is 6.92 Å². The van der Waals surface area contributed by atoms with Crippen LogP contribution in [0.5, 0.6) is 0 Å². The smallest absolute Gasteiger partial charge is 0.319 e. The molecule has 8 nitrogen and oxygen atoms in total. The van der Waals surface area contributed by atoms with E-state index in [1.807, 2.05) is 0 Å². The maximum atomic E-state index is 11.4. The number of urea groups is 1. The van der Waals surface area contributed by atoms with Crippen molar-refractivity contribution in [1.82, 2.24) is 10.6 Å². The van der Waals surface area contributed by atoms with Crippen molar-refractivity contribution < 1.29 is 14.5 Å². The average molecular weight is 266 g/mol. The molecule has 1 aromatic carbocycles. The normalized spacial score (nSPS) is 9.53. The van der Waals surface area contributed by atoms with Crippen molar-refractivity contribution in [3.05, 3.63) is 34.4 Å². The molecule has 0 aliphatic carbocycles. The zero-order valence-electron chi connectivity index (χ0n) is 10.3. The molecule has 0 saturated heterocycles. The van der Waals surface area contributed by atoms with Crippen LogP contribution in [0.2, 0.25) is 0 Å². The van der Waals surface area contributed by atoms with E-state index in [9.17, 15) is 19.7 Å². The van der Waals surface area contributed by atoms with Gasteiger partial charge in [0, 0.05) is 24.4 Å². The Morgan fingerprint density at radius 1 is 1.32 bits per heavy atom. The van der Waals surface area contributed by atoms with Crippen LogP contribution in [-0.4, -0.2) is 30.0 Å². The van der Waals surface area contributed by atoms with Gasteiger partial charge in [0.2, 0.25) is 5.91 Å². The van der Waals surface area contributed by atoms with E-state index in [1.54, 1.807) is 6.92 Å². The summed E-state index contributed by atoms with van der Waals surface area (Å²) in [7, 11) is 0. The van der Waals surface area contributed by atoms with Gasteiger partial charge in [-0.1, -0.05) is 6.07 Å². The maximum Gasteiger partial charge on any atom is 0.319 e. The van der Waals surface area contributed by atoms with Crippen LogP contribution in [0.4, 0.5) is 16.2 Å². The number of carbonyl (C=O) groups is 2. The van der Waals surface area contributed by atoms with Crippen LogP contribution < -0.4 is 16.0 Å². The zero-order valence-corrected chi connectivity index (χ0v) is 10.3. The number of nitro groups is 1. The average Bonchev–Trinajstić information content (AvgIpc) is 2.37. The SMILES string of the molecule is CCNC(=O)CNC(=O)Nc1cccc([N+](=O)[O-])c1. The minimum absolute atomic E-state index is 0.124. The van der Waals surface area contributed by atoms with Gasteiger partial charge in [-0.15, -0.1) is 0 Å². The van der Waals surface area contributed by atoms with Gasteiger partial charge < -0.3 is 16.0 Å². The van der Waals surface area contributed by atoms with Crippen molar-refractivity contribution in [1.29, 1.82) is 0 Å². The third-order valence-electron chi connectivity index (χ3n) is 2.10. The van der Waals surface area contributed by atoms with E-state index in [4.69, 9.17) is 0 Å². The van der Waals surface area contributed by atoms with Crippen molar-refractivity contribution in [2.75, 3.05) is 18.4 Å². The molecule has 0 unspecified atom stereocenters. The Balaban J connectivity index is 2.50. The lowest BCUT2D eigenvalue weighted by Gasteiger charge is -2.07. The first-order chi connectivity index (χ1) is 9.02. The van der Waals surface area contributed by atoms with Crippen LogP contribution in [-0.2, 0) is 4.79 Å². The Morgan fingerprint density at radius 3 is 2.68 bits per heavy atom. The Hall–Kier alpha value is -2.64. The standard InChI is InChI=1S/C11H14N4O4/c1-2-12-10(16)7-13-11(17)14-8-4-3-5-9(6-8)15(18)19/h3-6H,2,7H2,1H3,(H,12,16)(H2,13,14,17). The number of hydrogen-bond donors (Lipinski definition) is 3. The molecule has 0 aromatic heterocycles. The van der Waals surface area contributed by atoms with Gasteiger partial charge in [0.05, 0.1) is 11.5 Å². The molecular formula is C11H14N4O4. The number of nitrogens with zero attached hydrogens (tertiary/aromatic N) is 1. The second kappa shape index (κ2) is 6.94. The molecule has 1 aromatic rings. The minimum Gasteiger partial charge on any atom is -0.355 e. The molecule has 0 saturated carbocycles. The molecular weight excluding hydrogens is 252 g/mol. The van der Waals surface area contributed by atoms with Crippen molar-refractivity contribution in [3.8, 4) is 0 Å². The lowest BCUT2D eigenvalue weighted by Crippen LogP contribution is -2.38. The number of likely N-dealkylation sites (N-methyl/N-ethyl adjacent to an activating group) is 1. The molecule has 1 rings (SSSR count). The Bertz CT molecular complexity index is 489. The predicted molar refractivity (Wildman–Crippen MR) is 68.8 cm³/mol. The first-order valence-electron chi connectivity index (χ1n) is 5.59. The van der Waals surface area contributed by atoms with E-state index in [0.29, 0.717) is 6.54 Å². The summed E-state index contributed by atoms with van der Waals surface area (Å²) in [5.41, 5.74) is 0.157. The van der Waals surface area contributed by atoms with Gasteiger partial charge in [0.25, 0.3) is 5.69 Å². The number of carbonyl (C=O) groups excluding carboxylic acids is 2. The summed E-state index contributed by atoms with van der Waals surface area (Å²) in [5, 5.41) is 17.8. The number of nitro benzene ring substituents is 1. The predicted octanol–water partition coefficient (Wildman–Crippen LogP) is 0.852. The van der Waals surface area contributed by atoms with E-state index in [-0.39, 0.29) is 23.8 Å². The summed E-state index contributed by atoms with van der Waals surface area (Å²) in [6, 6.07) is 4.91. The number of non-ortho nitro benzene ring substituents is 1. The molecule has 3 N–H and O–H groups in total. The highest BCUT2D eigenvalue weighted by Gasteiger charge is 2.08. The summed E-state index contributed by atoms with van der Waals surface area (Å²) in [5.74, 6) is -0.309. The Morgan fingerprint density at radius 2 is 2.05 bits per heavy atom. The topological polar surface area (TPSA) is 113 Å². The largest absolute Gasteiger partial charge is 0.355 e. The van der Waals surface area contributed by atoms with Gasteiger partial charge in [-0.2, -0.15) is 0 Å². The first kappa shape index (κ1) is 14.4. The molecule has 0 bridgehead atoms. The first-order valence-corrected chi connectivity index (χ1v) is 5.59. The zero-order chi connectivity index (χ0) is 14.3. The van der Waals surface area contributed by atoms with Crippen LogP contribution in [0.3, 0.4) is 0 Å². The van der Waals surface area contributed by atoms with Crippen LogP contribution >= 0.6 is 0 Å². The lowest BCUT2D eigenvalue weighted by atomic mass is 10.3. The summed E-state index contributed by atoms with van der Waals surface area (Å²) in [6.07, 6.45) is 0. The highest BCUT2D eigenvalue weighted by atomic mass is 16.6. The third-order valence-corrected chi connectivity index (χ3v) is 2.10. The fraction of sp³-hybridized carbons (Fsp3) is 0.273. The lowest BCUT2D eigenvalue weighted by molar-refractivity contribution is -0.384. The van der Waals surface area contributed by atoms with Gasteiger partial charge in [-0.3, -0.25) is 14.9 Å². The van der Waals surface area contributed by atoms with Crippen molar-refractivity contribution >= 4 is 23.3 Å². The number of benzene rings is 1. The molecule has 0 heterocycles. The molecule has 19 heavy (non-hydrogen) atoms. The molecule has 0 fully saturated rings. The minimum atomic E-state index is -0.605. The quantitative estimate of drug-likeness (QED) is 0.541. The van der Waals surface area contributed by atoms with Crippen molar-refractivity contribution in [2.45, 2.75) is 6.92 Å². The van der Waals surface area contributed by atoms with E-state index in [2.05, 4.69) is 16.0 Å². The fourth-order valence-corrected chi connectivity index (χ4v) is 1.29. The molecule has 0 aliphatic rings. The summed E-state index contributed by atoms with van der Waals surface area (Å²) >= 11 is 0. The number of rotatable bonds is 5.